The number of aromatic hydroxyl groups is 1. The lowest BCUT2D eigenvalue weighted by molar-refractivity contribution is -0.121. The van der Waals surface area contributed by atoms with Crippen molar-refractivity contribution < 1.29 is 19.4 Å². The minimum absolute atomic E-state index is 0.0991. The Balaban J connectivity index is 2.20. The molecule has 1 aromatic rings. The summed E-state index contributed by atoms with van der Waals surface area (Å²) in [5, 5.41) is 10.0. The van der Waals surface area contributed by atoms with Crippen molar-refractivity contribution in [3.05, 3.63) is 30.4 Å². The van der Waals surface area contributed by atoms with Gasteiger partial charge in [0, 0.05) is 19.2 Å². The van der Waals surface area contributed by atoms with Crippen LogP contribution in [-0.4, -0.2) is 48.1 Å². The number of phenols is 1. The van der Waals surface area contributed by atoms with Crippen LogP contribution in [0.5, 0.6) is 11.5 Å². The normalized spacial score (nSPS) is 20.5. The van der Waals surface area contributed by atoms with Crippen LogP contribution in [-0.2, 0) is 4.79 Å². The Bertz CT molecular complexity index is 656. The molecule has 0 bridgehead atoms. The average molecular weight is 302 g/mol. The highest BCUT2D eigenvalue weighted by atomic mass is 16.5. The van der Waals surface area contributed by atoms with Crippen molar-refractivity contribution >= 4 is 17.5 Å². The van der Waals surface area contributed by atoms with Crippen molar-refractivity contribution in [2.75, 3.05) is 25.1 Å². The number of carbonyl (C=O) groups is 2. The topological polar surface area (TPSA) is 70.1 Å². The summed E-state index contributed by atoms with van der Waals surface area (Å²) in [4.78, 5) is 28.7. The molecule has 2 aliphatic heterocycles. The van der Waals surface area contributed by atoms with E-state index in [1.54, 1.807) is 11.0 Å². The molecule has 0 aliphatic carbocycles. The largest absolute Gasteiger partial charge is 0.504 e. The number of benzene rings is 1. The van der Waals surface area contributed by atoms with E-state index >= 15 is 0 Å². The predicted molar refractivity (Wildman–Crippen MR) is 81.3 cm³/mol. The van der Waals surface area contributed by atoms with Crippen LogP contribution >= 0.6 is 0 Å². The Morgan fingerprint density at radius 1 is 1.45 bits per heavy atom. The van der Waals surface area contributed by atoms with E-state index in [1.165, 1.54) is 24.1 Å². The Morgan fingerprint density at radius 2 is 2.23 bits per heavy atom. The summed E-state index contributed by atoms with van der Waals surface area (Å²) in [6.07, 6.45) is 3.09. The van der Waals surface area contributed by atoms with E-state index in [9.17, 15) is 14.7 Å². The highest BCUT2D eigenvalue weighted by Gasteiger charge is 2.42. The van der Waals surface area contributed by atoms with Gasteiger partial charge in [-0.05, 0) is 18.9 Å². The number of carbonyl (C=O) groups excluding carboxylic acids is 2. The minimum atomic E-state index is -0.437. The number of ether oxygens (including phenoxy) is 1. The summed E-state index contributed by atoms with van der Waals surface area (Å²) >= 11 is 0. The summed E-state index contributed by atoms with van der Waals surface area (Å²) in [5.41, 5.74) is 0.775. The van der Waals surface area contributed by atoms with Crippen LogP contribution in [0, 0.1) is 0 Å². The van der Waals surface area contributed by atoms with Crippen LogP contribution in [0.1, 0.15) is 23.2 Å². The van der Waals surface area contributed by atoms with Gasteiger partial charge < -0.3 is 19.6 Å². The van der Waals surface area contributed by atoms with Gasteiger partial charge in [0.15, 0.2) is 11.5 Å². The van der Waals surface area contributed by atoms with Gasteiger partial charge in [-0.2, -0.15) is 0 Å². The average Bonchev–Trinajstić information content (AvgIpc) is 2.98. The number of rotatable bonds is 3. The van der Waals surface area contributed by atoms with Crippen molar-refractivity contribution in [1.82, 2.24) is 4.90 Å². The third-order valence-corrected chi connectivity index (χ3v) is 4.19. The molecule has 1 aromatic carbocycles. The van der Waals surface area contributed by atoms with Gasteiger partial charge in [-0.3, -0.25) is 9.59 Å². The fourth-order valence-corrected chi connectivity index (χ4v) is 3.15. The molecule has 6 heteroatoms. The van der Waals surface area contributed by atoms with E-state index in [-0.39, 0.29) is 29.9 Å². The number of hydrogen-bond donors (Lipinski definition) is 1. The van der Waals surface area contributed by atoms with E-state index in [1.807, 2.05) is 0 Å². The lowest BCUT2D eigenvalue weighted by Gasteiger charge is -2.24. The molecule has 2 heterocycles. The zero-order chi connectivity index (χ0) is 15.9. The van der Waals surface area contributed by atoms with Gasteiger partial charge in [0.25, 0.3) is 5.91 Å². The molecular formula is C16H18N2O4. The Kier molecular flexibility index (Phi) is 3.52. The minimum Gasteiger partial charge on any atom is -0.504 e. The van der Waals surface area contributed by atoms with Gasteiger partial charge in [-0.25, -0.2) is 0 Å². The van der Waals surface area contributed by atoms with Gasteiger partial charge in [0.05, 0.1) is 18.4 Å². The number of hydrogen-bond acceptors (Lipinski definition) is 4. The van der Waals surface area contributed by atoms with E-state index < -0.39 is 6.04 Å². The zero-order valence-corrected chi connectivity index (χ0v) is 12.4. The summed E-state index contributed by atoms with van der Waals surface area (Å²) < 4.78 is 5.09. The van der Waals surface area contributed by atoms with E-state index in [2.05, 4.69) is 6.58 Å². The van der Waals surface area contributed by atoms with Crippen molar-refractivity contribution in [2.45, 2.75) is 18.9 Å². The molecular weight excluding hydrogens is 284 g/mol. The molecule has 1 saturated heterocycles. The van der Waals surface area contributed by atoms with E-state index in [4.69, 9.17) is 4.74 Å². The fraction of sp³-hybridized carbons (Fsp3) is 0.375. The molecule has 1 fully saturated rings. The zero-order valence-electron chi connectivity index (χ0n) is 12.4. The molecule has 0 saturated carbocycles. The summed E-state index contributed by atoms with van der Waals surface area (Å²) in [5.74, 6) is -0.210. The summed E-state index contributed by atoms with van der Waals surface area (Å²) in [6.45, 7) is 4.53. The highest BCUT2D eigenvalue weighted by Crippen LogP contribution is 2.39. The first kappa shape index (κ1) is 14.4. The molecule has 2 amide bonds. The van der Waals surface area contributed by atoms with Crippen LogP contribution in [0.3, 0.4) is 0 Å². The molecule has 0 unspecified atom stereocenters. The molecule has 22 heavy (non-hydrogen) atoms. The lowest BCUT2D eigenvalue weighted by Crippen LogP contribution is -2.44. The lowest BCUT2D eigenvalue weighted by atomic mass is 10.1. The van der Waals surface area contributed by atoms with Crippen molar-refractivity contribution in [3.8, 4) is 11.5 Å². The second kappa shape index (κ2) is 5.36. The van der Waals surface area contributed by atoms with Crippen LogP contribution in [0.4, 0.5) is 5.69 Å². The van der Waals surface area contributed by atoms with Crippen molar-refractivity contribution in [3.63, 3.8) is 0 Å². The van der Waals surface area contributed by atoms with Crippen LogP contribution in [0.15, 0.2) is 24.8 Å². The summed E-state index contributed by atoms with van der Waals surface area (Å²) in [7, 11) is 1.42. The first-order valence-corrected chi connectivity index (χ1v) is 7.22. The maximum Gasteiger partial charge on any atom is 0.256 e. The molecule has 6 nitrogen and oxygen atoms in total. The standard InChI is InChI=1S/C16H18N2O4/c1-3-6-17-12-9-13(19)14(22-2)8-10(12)15(20)18-7-4-5-11(18)16(17)21/h3,8-9,11,19H,1,4-7H2,2H3/t11-/m0/s1. The second-order valence-corrected chi connectivity index (χ2v) is 5.44. The summed E-state index contributed by atoms with van der Waals surface area (Å²) in [6, 6.07) is 2.47. The number of nitrogens with zero attached hydrogens (tertiary/aromatic N) is 2. The second-order valence-electron chi connectivity index (χ2n) is 5.44. The Labute approximate surface area is 128 Å². The maximum absolute atomic E-state index is 12.8. The first-order valence-electron chi connectivity index (χ1n) is 7.22. The maximum atomic E-state index is 12.8. The number of phenolic OH excluding ortho intramolecular Hbond substituents is 1. The van der Waals surface area contributed by atoms with Gasteiger partial charge in [0.2, 0.25) is 5.91 Å². The van der Waals surface area contributed by atoms with Gasteiger partial charge >= 0.3 is 0 Å². The highest BCUT2D eigenvalue weighted by molar-refractivity contribution is 6.11. The third kappa shape index (κ3) is 2.03. The Hall–Kier alpha value is -2.50. The fourth-order valence-electron chi connectivity index (χ4n) is 3.15. The molecule has 0 aromatic heterocycles. The molecule has 3 rings (SSSR count). The van der Waals surface area contributed by atoms with Crippen LogP contribution in [0.25, 0.3) is 0 Å². The third-order valence-electron chi connectivity index (χ3n) is 4.19. The number of methoxy groups -OCH3 is 1. The molecule has 116 valence electrons. The van der Waals surface area contributed by atoms with Gasteiger partial charge in [-0.15, -0.1) is 6.58 Å². The molecule has 0 spiro atoms. The SMILES string of the molecule is C=CCN1C(=O)[C@@H]2CCCN2C(=O)c2cc(OC)c(O)cc21. The monoisotopic (exact) mass is 302 g/mol. The van der Waals surface area contributed by atoms with Crippen LogP contribution < -0.4 is 9.64 Å². The smallest absolute Gasteiger partial charge is 0.256 e. The first-order chi connectivity index (χ1) is 10.6. The number of anilines is 1. The Morgan fingerprint density at radius 3 is 2.91 bits per heavy atom. The van der Waals surface area contributed by atoms with Crippen LogP contribution in [0.2, 0.25) is 0 Å². The van der Waals surface area contributed by atoms with E-state index in [0.717, 1.165) is 6.42 Å². The van der Waals surface area contributed by atoms with Gasteiger partial charge in [0.1, 0.15) is 6.04 Å². The van der Waals surface area contributed by atoms with E-state index in [0.29, 0.717) is 24.2 Å². The predicted octanol–water partition coefficient (Wildman–Crippen LogP) is 1.54. The number of amides is 2. The molecule has 1 atom stereocenters. The van der Waals surface area contributed by atoms with Crippen molar-refractivity contribution in [2.24, 2.45) is 0 Å². The quantitative estimate of drug-likeness (QED) is 0.860. The number of fused-ring (bicyclic) bond motifs is 2. The molecule has 1 N–H and O–H groups in total. The molecule has 0 radical (unpaired) electrons. The van der Waals surface area contributed by atoms with Gasteiger partial charge in [-0.1, -0.05) is 6.08 Å². The van der Waals surface area contributed by atoms with Crippen molar-refractivity contribution in [1.29, 1.82) is 0 Å². The molecule has 2 aliphatic rings.